The van der Waals surface area contributed by atoms with Crippen molar-refractivity contribution in [1.82, 2.24) is 4.90 Å². The minimum atomic E-state index is 0.0436. The second-order valence-corrected chi connectivity index (χ2v) is 4.43. The molecule has 3 N–H and O–H groups in total. The maximum atomic E-state index is 9.39. The largest absolute Gasteiger partial charge is 0.508 e. The minimum Gasteiger partial charge on any atom is -0.508 e. The summed E-state index contributed by atoms with van der Waals surface area (Å²) in [5.41, 5.74) is 7.23. The van der Waals surface area contributed by atoms with E-state index in [0.29, 0.717) is 11.7 Å². The van der Waals surface area contributed by atoms with Crippen LogP contribution in [0.2, 0.25) is 0 Å². The van der Waals surface area contributed by atoms with Gasteiger partial charge in [-0.25, -0.2) is 0 Å². The summed E-state index contributed by atoms with van der Waals surface area (Å²) >= 11 is 0. The first-order chi connectivity index (χ1) is 7.16. The van der Waals surface area contributed by atoms with Crippen molar-refractivity contribution in [2.75, 3.05) is 20.1 Å². The van der Waals surface area contributed by atoms with Gasteiger partial charge in [0.05, 0.1) is 0 Å². The van der Waals surface area contributed by atoms with Crippen LogP contribution in [0.25, 0.3) is 0 Å². The molecule has 2 unspecified atom stereocenters. The van der Waals surface area contributed by atoms with Crippen LogP contribution in [-0.2, 0) is 0 Å². The quantitative estimate of drug-likeness (QED) is 0.767. The lowest BCUT2D eigenvalue weighted by atomic mass is 9.93. The summed E-state index contributed by atoms with van der Waals surface area (Å²) in [4.78, 5) is 2.30. The highest BCUT2D eigenvalue weighted by Crippen LogP contribution is 2.28. The molecule has 1 fully saturated rings. The Labute approximate surface area is 90.5 Å². The molecular weight excluding hydrogens is 188 g/mol. The van der Waals surface area contributed by atoms with Gasteiger partial charge in [-0.3, -0.25) is 0 Å². The van der Waals surface area contributed by atoms with Gasteiger partial charge in [-0.15, -0.1) is 0 Å². The van der Waals surface area contributed by atoms with E-state index in [-0.39, 0.29) is 6.04 Å². The highest BCUT2D eigenvalue weighted by Gasteiger charge is 2.26. The number of aromatic hydroxyl groups is 1. The van der Waals surface area contributed by atoms with Gasteiger partial charge >= 0.3 is 0 Å². The van der Waals surface area contributed by atoms with E-state index in [4.69, 9.17) is 5.73 Å². The average molecular weight is 206 g/mol. The Kier molecular flexibility index (Phi) is 2.93. The van der Waals surface area contributed by atoms with E-state index in [1.54, 1.807) is 12.1 Å². The number of nitrogens with zero attached hydrogens (tertiary/aromatic N) is 1. The van der Waals surface area contributed by atoms with Gasteiger partial charge in [0.1, 0.15) is 5.75 Å². The summed E-state index contributed by atoms with van der Waals surface area (Å²) in [6.45, 7) is 2.17. The van der Waals surface area contributed by atoms with E-state index in [2.05, 4.69) is 11.9 Å². The number of hydrogen-bond donors (Lipinski definition) is 2. The molecule has 1 aliphatic rings. The number of likely N-dealkylation sites (tertiary alicyclic amines) is 1. The third kappa shape index (κ3) is 2.30. The number of phenols is 1. The average Bonchev–Trinajstić information content (AvgIpc) is 2.64. The molecule has 1 aromatic carbocycles. The monoisotopic (exact) mass is 206 g/mol. The molecule has 2 rings (SSSR count). The maximum absolute atomic E-state index is 9.39. The van der Waals surface area contributed by atoms with E-state index < -0.39 is 0 Å². The summed E-state index contributed by atoms with van der Waals surface area (Å²) < 4.78 is 0. The fourth-order valence-corrected chi connectivity index (χ4v) is 2.27. The molecule has 0 spiro atoms. The molecule has 82 valence electrons. The van der Waals surface area contributed by atoms with Crippen molar-refractivity contribution in [1.29, 1.82) is 0 Å². The van der Waals surface area contributed by atoms with Gasteiger partial charge in [-0.1, -0.05) is 12.1 Å². The first-order valence-electron chi connectivity index (χ1n) is 5.40. The molecule has 0 aromatic heterocycles. The molecule has 0 amide bonds. The number of benzene rings is 1. The zero-order chi connectivity index (χ0) is 10.8. The molecule has 2 atom stereocenters. The van der Waals surface area contributed by atoms with Gasteiger partial charge in [-0.05, 0) is 43.6 Å². The molecule has 0 bridgehead atoms. The van der Waals surface area contributed by atoms with Crippen molar-refractivity contribution < 1.29 is 5.11 Å². The Morgan fingerprint density at radius 2 is 2.33 bits per heavy atom. The molecular formula is C12H18N2O. The Hall–Kier alpha value is -1.06. The van der Waals surface area contributed by atoms with Gasteiger partial charge in [0, 0.05) is 12.6 Å². The number of rotatable bonds is 2. The molecule has 0 saturated carbocycles. The predicted octanol–water partition coefficient (Wildman–Crippen LogP) is 1.34. The van der Waals surface area contributed by atoms with Crippen molar-refractivity contribution in [3.05, 3.63) is 29.8 Å². The van der Waals surface area contributed by atoms with Crippen LogP contribution in [0.4, 0.5) is 0 Å². The van der Waals surface area contributed by atoms with E-state index in [1.165, 1.54) is 0 Å². The first kappa shape index (κ1) is 10.5. The molecule has 3 nitrogen and oxygen atoms in total. The highest BCUT2D eigenvalue weighted by molar-refractivity contribution is 5.29. The summed E-state index contributed by atoms with van der Waals surface area (Å²) in [6.07, 6.45) is 1.15. The fourth-order valence-electron chi connectivity index (χ4n) is 2.27. The third-order valence-corrected chi connectivity index (χ3v) is 3.19. The normalized spacial score (nSPS) is 24.3. The Bertz CT molecular complexity index is 340. The lowest BCUT2D eigenvalue weighted by molar-refractivity contribution is 0.372. The molecule has 1 saturated heterocycles. The van der Waals surface area contributed by atoms with E-state index >= 15 is 0 Å². The van der Waals surface area contributed by atoms with Gasteiger partial charge in [0.15, 0.2) is 0 Å². The van der Waals surface area contributed by atoms with Crippen molar-refractivity contribution in [2.45, 2.75) is 12.5 Å². The second kappa shape index (κ2) is 4.21. The second-order valence-electron chi connectivity index (χ2n) is 4.43. The number of nitrogens with two attached hydrogens (primary N) is 1. The van der Waals surface area contributed by atoms with Crippen molar-refractivity contribution in [2.24, 2.45) is 11.7 Å². The van der Waals surface area contributed by atoms with Gasteiger partial charge in [0.2, 0.25) is 0 Å². The van der Waals surface area contributed by atoms with Crippen LogP contribution in [0, 0.1) is 5.92 Å². The third-order valence-electron chi connectivity index (χ3n) is 3.19. The lowest BCUT2D eigenvalue weighted by Crippen LogP contribution is -2.24. The number of phenolic OH excluding ortho intramolecular Hbond substituents is 1. The fraction of sp³-hybridized carbons (Fsp3) is 0.500. The minimum absolute atomic E-state index is 0.0436. The van der Waals surface area contributed by atoms with Crippen LogP contribution < -0.4 is 5.73 Å². The van der Waals surface area contributed by atoms with Crippen LogP contribution in [0.15, 0.2) is 24.3 Å². The van der Waals surface area contributed by atoms with Crippen LogP contribution in [-0.4, -0.2) is 30.1 Å². The molecule has 0 radical (unpaired) electrons. The highest BCUT2D eigenvalue weighted by atomic mass is 16.3. The van der Waals surface area contributed by atoms with Gasteiger partial charge < -0.3 is 15.7 Å². The van der Waals surface area contributed by atoms with Gasteiger partial charge in [0.25, 0.3) is 0 Å². The Balaban J connectivity index is 2.10. The van der Waals surface area contributed by atoms with Crippen molar-refractivity contribution >= 4 is 0 Å². The summed E-state index contributed by atoms with van der Waals surface area (Å²) in [5.74, 6) is 0.811. The van der Waals surface area contributed by atoms with Crippen molar-refractivity contribution in [3.63, 3.8) is 0 Å². The maximum Gasteiger partial charge on any atom is 0.115 e. The van der Waals surface area contributed by atoms with Gasteiger partial charge in [-0.2, -0.15) is 0 Å². The standard InChI is InChI=1S/C12H18N2O/c1-14-6-5-10(8-14)12(13)9-3-2-4-11(15)7-9/h2-4,7,10,12,15H,5-6,8,13H2,1H3. The SMILES string of the molecule is CN1CCC(C(N)c2cccc(O)c2)C1. The molecule has 3 heteroatoms. The van der Waals surface area contributed by atoms with Crippen LogP contribution in [0.1, 0.15) is 18.0 Å². The number of hydrogen-bond acceptors (Lipinski definition) is 3. The summed E-state index contributed by atoms with van der Waals surface area (Å²) in [5, 5.41) is 9.39. The van der Waals surface area contributed by atoms with Crippen LogP contribution >= 0.6 is 0 Å². The molecule has 1 aliphatic heterocycles. The van der Waals surface area contributed by atoms with Crippen molar-refractivity contribution in [3.8, 4) is 5.75 Å². The Morgan fingerprint density at radius 1 is 1.53 bits per heavy atom. The first-order valence-corrected chi connectivity index (χ1v) is 5.40. The van der Waals surface area contributed by atoms with Crippen LogP contribution in [0.3, 0.4) is 0 Å². The summed E-state index contributed by atoms with van der Waals surface area (Å²) in [6, 6.07) is 7.33. The zero-order valence-corrected chi connectivity index (χ0v) is 9.06. The molecule has 1 heterocycles. The molecule has 15 heavy (non-hydrogen) atoms. The molecule has 0 aliphatic carbocycles. The summed E-state index contributed by atoms with van der Waals surface area (Å²) in [7, 11) is 2.12. The molecule has 1 aromatic rings. The van der Waals surface area contributed by atoms with E-state index in [0.717, 1.165) is 25.1 Å². The van der Waals surface area contributed by atoms with E-state index in [1.807, 2.05) is 12.1 Å². The van der Waals surface area contributed by atoms with E-state index in [9.17, 15) is 5.11 Å². The topological polar surface area (TPSA) is 49.5 Å². The zero-order valence-electron chi connectivity index (χ0n) is 9.06. The lowest BCUT2D eigenvalue weighted by Gasteiger charge is -2.19. The predicted molar refractivity (Wildman–Crippen MR) is 60.6 cm³/mol. The van der Waals surface area contributed by atoms with Crippen LogP contribution in [0.5, 0.6) is 5.75 Å². The Morgan fingerprint density at radius 3 is 2.93 bits per heavy atom. The smallest absolute Gasteiger partial charge is 0.115 e.